The summed E-state index contributed by atoms with van der Waals surface area (Å²) in [6.07, 6.45) is -1.38. The molecule has 4 rings (SSSR count). The van der Waals surface area contributed by atoms with Crippen molar-refractivity contribution in [2.24, 2.45) is 5.73 Å². The summed E-state index contributed by atoms with van der Waals surface area (Å²) in [5, 5.41) is 4.95. The van der Waals surface area contributed by atoms with E-state index in [4.69, 9.17) is 28.9 Å². The van der Waals surface area contributed by atoms with E-state index in [1.807, 2.05) is 4.90 Å². The van der Waals surface area contributed by atoms with Crippen molar-refractivity contribution >= 4 is 58.0 Å². The summed E-state index contributed by atoms with van der Waals surface area (Å²) in [4.78, 5) is 46.1. The van der Waals surface area contributed by atoms with Gasteiger partial charge in [0.1, 0.15) is 27.1 Å². The number of aromatic nitrogens is 4. The number of anilines is 2. The number of pyridine rings is 1. The molecule has 0 radical (unpaired) electrons. The first kappa shape index (κ1) is 29.9. The standard InChI is InChI=1S/C23H24Cl2F3N9O2S/c1-12(22-31-10-15(40-22)20(38)35-16-8-13(23(26,27)28)14(24)9-30-16)34-21(39)18-17(25)19(33-11-32-18)37-6-4-36(3-2-29)5-7-37/h8-12H,2-7,29H2,1H3,(H,34,39)(H,30,35,38). The Labute approximate surface area is 240 Å². The van der Waals surface area contributed by atoms with Crippen molar-refractivity contribution in [1.82, 2.24) is 30.2 Å². The summed E-state index contributed by atoms with van der Waals surface area (Å²) in [6, 6.07) is 0.00368. The number of rotatable bonds is 8. The second-order valence-electron chi connectivity index (χ2n) is 8.74. The number of alkyl halides is 3. The molecular weight excluding hydrogens is 594 g/mol. The van der Waals surface area contributed by atoms with Crippen LogP contribution in [0.3, 0.4) is 0 Å². The maximum Gasteiger partial charge on any atom is 0.418 e. The lowest BCUT2D eigenvalue weighted by Gasteiger charge is -2.35. The molecule has 3 aromatic heterocycles. The molecule has 4 heterocycles. The maximum atomic E-state index is 13.1. The van der Waals surface area contributed by atoms with E-state index in [2.05, 4.69) is 35.5 Å². The normalized spacial score (nSPS) is 15.1. The zero-order valence-corrected chi connectivity index (χ0v) is 23.3. The molecule has 1 fully saturated rings. The van der Waals surface area contributed by atoms with Gasteiger partial charge in [-0.15, -0.1) is 11.3 Å². The molecule has 0 aromatic carbocycles. The first-order valence-electron chi connectivity index (χ1n) is 12.0. The number of carbonyl (C=O) groups is 2. The Morgan fingerprint density at radius 1 is 1.10 bits per heavy atom. The van der Waals surface area contributed by atoms with Gasteiger partial charge in [-0.05, 0) is 13.0 Å². The monoisotopic (exact) mass is 617 g/mol. The Hall–Kier alpha value is -3.11. The van der Waals surface area contributed by atoms with Crippen LogP contribution in [0.1, 0.15) is 43.7 Å². The summed E-state index contributed by atoms with van der Waals surface area (Å²) in [7, 11) is 0. The average molecular weight is 618 g/mol. The molecule has 2 amide bonds. The Kier molecular flexibility index (Phi) is 9.41. The molecular formula is C23H24Cl2F3N9O2S. The lowest BCUT2D eigenvalue weighted by Crippen LogP contribution is -2.48. The van der Waals surface area contributed by atoms with Crippen molar-refractivity contribution in [1.29, 1.82) is 0 Å². The van der Waals surface area contributed by atoms with Gasteiger partial charge in [-0.25, -0.2) is 19.9 Å². The van der Waals surface area contributed by atoms with E-state index in [1.165, 1.54) is 12.5 Å². The number of carbonyl (C=O) groups excluding carboxylic acids is 2. The van der Waals surface area contributed by atoms with Crippen molar-refractivity contribution in [3.8, 4) is 0 Å². The number of nitrogens with one attached hydrogen (secondary N) is 2. The van der Waals surface area contributed by atoms with E-state index in [0.29, 0.717) is 36.5 Å². The number of nitrogens with zero attached hydrogens (tertiary/aromatic N) is 6. The third-order valence-electron chi connectivity index (χ3n) is 5.97. The summed E-state index contributed by atoms with van der Waals surface area (Å²) in [5.74, 6) is -1.15. The van der Waals surface area contributed by atoms with E-state index >= 15 is 0 Å². The van der Waals surface area contributed by atoms with Crippen LogP contribution in [0.4, 0.5) is 24.8 Å². The zero-order chi connectivity index (χ0) is 29.0. The fourth-order valence-corrected chi connectivity index (χ4v) is 5.26. The molecule has 0 spiro atoms. The molecule has 0 bridgehead atoms. The Balaban J connectivity index is 1.40. The molecule has 3 aromatic rings. The third-order valence-corrected chi connectivity index (χ3v) is 7.80. The van der Waals surface area contributed by atoms with Crippen molar-refractivity contribution < 1.29 is 22.8 Å². The number of thiazole rings is 1. The van der Waals surface area contributed by atoms with E-state index < -0.39 is 34.6 Å². The van der Waals surface area contributed by atoms with Crippen LogP contribution in [0.25, 0.3) is 0 Å². The lowest BCUT2D eigenvalue weighted by molar-refractivity contribution is -0.137. The molecule has 214 valence electrons. The summed E-state index contributed by atoms with van der Waals surface area (Å²) in [6.45, 7) is 5.93. The van der Waals surface area contributed by atoms with Crippen LogP contribution >= 0.6 is 34.5 Å². The van der Waals surface area contributed by atoms with E-state index in [9.17, 15) is 22.8 Å². The SMILES string of the molecule is CC(NC(=O)c1ncnc(N2CCN(CCN)CC2)c1Cl)c1ncc(C(=O)Nc2cc(C(F)(F)F)c(Cl)cn2)s1. The minimum absolute atomic E-state index is 0.00768. The fourth-order valence-electron chi connectivity index (χ4n) is 3.93. The van der Waals surface area contributed by atoms with Crippen LogP contribution < -0.4 is 21.3 Å². The number of piperazine rings is 1. The van der Waals surface area contributed by atoms with Gasteiger partial charge in [0.25, 0.3) is 11.8 Å². The van der Waals surface area contributed by atoms with Crippen molar-refractivity contribution in [2.75, 3.05) is 49.5 Å². The minimum Gasteiger partial charge on any atom is -0.353 e. The van der Waals surface area contributed by atoms with Crippen LogP contribution in [-0.4, -0.2) is 75.9 Å². The zero-order valence-electron chi connectivity index (χ0n) is 21.0. The maximum absolute atomic E-state index is 13.1. The van der Waals surface area contributed by atoms with E-state index in [-0.39, 0.29) is 21.4 Å². The fraction of sp³-hybridized carbons (Fsp3) is 0.391. The molecule has 1 aliphatic rings. The smallest absolute Gasteiger partial charge is 0.353 e. The molecule has 1 atom stereocenters. The van der Waals surface area contributed by atoms with Crippen molar-refractivity contribution in [3.05, 3.63) is 56.0 Å². The predicted molar refractivity (Wildman–Crippen MR) is 145 cm³/mol. The van der Waals surface area contributed by atoms with Gasteiger partial charge in [0, 0.05) is 45.5 Å². The largest absolute Gasteiger partial charge is 0.418 e. The first-order valence-corrected chi connectivity index (χ1v) is 13.5. The number of halogens is 5. The van der Waals surface area contributed by atoms with Gasteiger partial charge in [0.15, 0.2) is 11.5 Å². The van der Waals surface area contributed by atoms with Crippen LogP contribution in [0.2, 0.25) is 10.0 Å². The second-order valence-corrected chi connectivity index (χ2v) is 10.6. The predicted octanol–water partition coefficient (Wildman–Crippen LogP) is 3.48. The lowest BCUT2D eigenvalue weighted by atomic mass is 10.2. The van der Waals surface area contributed by atoms with Crippen LogP contribution in [0, 0.1) is 0 Å². The molecule has 11 nitrogen and oxygen atoms in total. The average Bonchev–Trinajstić information content (AvgIpc) is 3.41. The summed E-state index contributed by atoms with van der Waals surface area (Å²) in [5.41, 5.74) is 4.50. The quantitative estimate of drug-likeness (QED) is 0.346. The molecule has 0 saturated carbocycles. The van der Waals surface area contributed by atoms with Gasteiger partial charge >= 0.3 is 6.18 Å². The second kappa shape index (κ2) is 12.6. The topological polar surface area (TPSA) is 142 Å². The summed E-state index contributed by atoms with van der Waals surface area (Å²) < 4.78 is 39.3. The number of hydrogen-bond acceptors (Lipinski definition) is 10. The van der Waals surface area contributed by atoms with Crippen molar-refractivity contribution in [2.45, 2.75) is 19.1 Å². The highest BCUT2D eigenvalue weighted by Gasteiger charge is 2.34. The van der Waals surface area contributed by atoms with Crippen LogP contribution in [-0.2, 0) is 6.18 Å². The molecule has 1 unspecified atom stereocenters. The van der Waals surface area contributed by atoms with Gasteiger partial charge in [-0.1, -0.05) is 23.2 Å². The minimum atomic E-state index is -4.71. The van der Waals surface area contributed by atoms with Crippen LogP contribution in [0.5, 0.6) is 0 Å². The van der Waals surface area contributed by atoms with Gasteiger partial charge < -0.3 is 21.3 Å². The molecule has 1 aliphatic heterocycles. The summed E-state index contributed by atoms with van der Waals surface area (Å²) >= 11 is 13.0. The number of hydrogen-bond donors (Lipinski definition) is 3. The highest BCUT2D eigenvalue weighted by atomic mass is 35.5. The van der Waals surface area contributed by atoms with Gasteiger partial charge in [0.05, 0.1) is 22.8 Å². The molecule has 1 saturated heterocycles. The Morgan fingerprint density at radius 2 is 1.82 bits per heavy atom. The number of amides is 2. The Bertz CT molecular complexity index is 1380. The van der Waals surface area contributed by atoms with E-state index in [1.54, 1.807) is 6.92 Å². The molecule has 0 aliphatic carbocycles. The van der Waals surface area contributed by atoms with Crippen molar-refractivity contribution in [3.63, 3.8) is 0 Å². The molecule has 40 heavy (non-hydrogen) atoms. The van der Waals surface area contributed by atoms with Crippen LogP contribution in [0.15, 0.2) is 24.8 Å². The van der Waals surface area contributed by atoms with Gasteiger partial charge in [-0.2, -0.15) is 13.2 Å². The molecule has 17 heteroatoms. The third kappa shape index (κ3) is 6.96. The van der Waals surface area contributed by atoms with Gasteiger partial charge in [-0.3, -0.25) is 14.5 Å². The number of nitrogens with two attached hydrogens (primary N) is 1. The Morgan fingerprint density at radius 3 is 2.50 bits per heavy atom. The highest BCUT2D eigenvalue weighted by molar-refractivity contribution is 7.13. The highest BCUT2D eigenvalue weighted by Crippen LogP contribution is 2.35. The van der Waals surface area contributed by atoms with E-state index in [0.717, 1.165) is 37.2 Å². The molecule has 4 N–H and O–H groups in total. The van der Waals surface area contributed by atoms with Gasteiger partial charge in [0.2, 0.25) is 0 Å². The first-order chi connectivity index (χ1) is 19.0.